The van der Waals surface area contributed by atoms with Crippen LogP contribution in [0.15, 0.2) is 59.5 Å². The van der Waals surface area contributed by atoms with Gasteiger partial charge >= 0.3 is 0 Å². The smallest absolute Gasteiger partial charge is 0.269 e. The highest BCUT2D eigenvalue weighted by molar-refractivity contribution is 7.89. The van der Waals surface area contributed by atoms with Gasteiger partial charge in [0.15, 0.2) is 0 Å². The van der Waals surface area contributed by atoms with Crippen molar-refractivity contribution in [1.29, 1.82) is 0 Å². The molecule has 2 aromatic rings. The van der Waals surface area contributed by atoms with Gasteiger partial charge in [0.1, 0.15) is 5.82 Å². The maximum atomic E-state index is 13.1. The number of halogens is 1. The van der Waals surface area contributed by atoms with Gasteiger partial charge in [-0.05, 0) is 49.2 Å². The fraction of sp³-hybridized carbons (Fsp3) is 0.263. The van der Waals surface area contributed by atoms with Crippen LogP contribution < -0.4 is 10.9 Å². The van der Waals surface area contributed by atoms with Crippen molar-refractivity contribution in [3.8, 4) is 0 Å². The molecule has 2 N–H and O–H groups in total. The Balaban J connectivity index is 1.61. The molecular weight excluding hydrogens is 385 g/mol. The third kappa shape index (κ3) is 4.55. The lowest BCUT2D eigenvalue weighted by atomic mass is 9.99. The number of carbonyl (C=O) groups excluding carboxylic acids is 2. The first-order valence-electron chi connectivity index (χ1n) is 8.79. The molecule has 0 saturated carbocycles. The van der Waals surface area contributed by atoms with E-state index >= 15 is 0 Å². The zero-order valence-electron chi connectivity index (χ0n) is 15.0. The van der Waals surface area contributed by atoms with E-state index in [2.05, 4.69) is 10.9 Å². The fourth-order valence-electron chi connectivity index (χ4n) is 3.01. The fourth-order valence-corrected chi connectivity index (χ4v) is 4.54. The Hall–Kier alpha value is -2.78. The first-order chi connectivity index (χ1) is 13.4. The Labute approximate surface area is 162 Å². The highest BCUT2D eigenvalue weighted by Crippen LogP contribution is 2.24. The lowest BCUT2D eigenvalue weighted by Gasteiger charge is -2.31. The van der Waals surface area contributed by atoms with Crippen LogP contribution in [0.3, 0.4) is 0 Å². The number of hydrogen-bond donors (Lipinski definition) is 2. The monoisotopic (exact) mass is 405 g/mol. The summed E-state index contributed by atoms with van der Waals surface area (Å²) in [6.45, 7) is 0.270. The van der Waals surface area contributed by atoms with Crippen molar-refractivity contribution < 1.29 is 22.4 Å². The molecule has 1 heterocycles. The number of hydrogen-bond acceptors (Lipinski definition) is 4. The Morgan fingerprint density at radius 2 is 1.68 bits per heavy atom. The minimum atomic E-state index is -3.82. The van der Waals surface area contributed by atoms with Gasteiger partial charge in [0, 0.05) is 18.7 Å². The molecule has 1 aliphatic rings. The van der Waals surface area contributed by atoms with Gasteiger partial charge in [-0.1, -0.05) is 18.2 Å². The average Bonchev–Trinajstić information content (AvgIpc) is 2.72. The third-order valence-electron chi connectivity index (χ3n) is 4.54. The van der Waals surface area contributed by atoms with E-state index in [1.165, 1.54) is 16.4 Å². The lowest BCUT2D eigenvalue weighted by Crippen LogP contribution is -2.50. The number of amides is 2. The van der Waals surface area contributed by atoms with E-state index in [4.69, 9.17) is 0 Å². The molecule has 2 amide bonds. The minimum absolute atomic E-state index is 0.00719. The summed E-state index contributed by atoms with van der Waals surface area (Å²) in [5.41, 5.74) is 5.10. The van der Waals surface area contributed by atoms with Gasteiger partial charge in [0.05, 0.1) is 10.8 Å². The van der Waals surface area contributed by atoms with Gasteiger partial charge in [-0.25, -0.2) is 12.8 Å². The Kier molecular flexibility index (Phi) is 6.05. The molecule has 1 aliphatic heterocycles. The van der Waals surface area contributed by atoms with Crippen LogP contribution in [0, 0.1) is 11.7 Å². The molecule has 0 unspecified atom stereocenters. The van der Waals surface area contributed by atoms with Crippen molar-refractivity contribution in [2.24, 2.45) is 5.92 Å². The molecule has 0 aromatic heterocycles. The molecule has 7 nitrogen and oxygen atoms in total. The number of nitrogens with zero attached hydrogens (tertiary/aromatic N) is 1. The predicted octanol–water partition coefficient (Wildman–Crippen LogP) is 1.69. The van der Waals surface area contributed by atoms with Crippen LogP contribution in [0.1, 0.15) is 23.2 Å². The normalized spacial score (nSPS) is 17.7. The number of piperidine rings is 1. The molecule has 0 aliphatic carbocycles. The largest absolute Gasteiger partial charge is 0.273 e. The topological polar surface area (TPSA) is 95.6 Å². The van der Waals surface area contributed by atoms with E-state index in [-0.39, 0.29) is 18.0 Å². The van der Waals surface area contributed by atoms with E-state index in [0.29, 0.717) is 18.4 Å². The van der Waals surface area contributed by atoms with Crippen molar-refractivity contribution in [2.75, 3.05) is 13.1 Å². The van der Waals surface area contributed by atoms with Crippen LogP contribution >= 0.6 is 0 Å². The molecule has 1 saturated heterocycles. The maximum absolute atomic E-state index is 13.1. The Morgan fingerprint density at radius 3 is 2.36 bits per heavy atom. The standard InChI is InChI=1S/C19H20FN3O4S/c20-16-8-10-17(11-9-16)28(26,27)23-12-4-7-15(13-23)19(25)22-21-18(24)14-5-2-1-3-6-14/h1-3,5-6,8-11,15H,4,7,12-13H2,(H,21,24)(H,22,25)/t15-/m0/s1. The summed E-state index contributed by atoms with van der Waals surface area (Å²) in [6.07, 6.45) is 1.01. The molecule has 0 bridgehead atoms. The van der Waals surface area contributed by atoms with Crippen molar-refractivity contribution in [1.82, 2.24) is 15.2 Å². The van der Waals surface area contributed by atoms with Gasteiger partial charge in [-0.2, -0.15) is 4.31 Å². The van der Waals surface area contributed by atoms with Crippen molar-refractivity contribution >= 4 is 21.8 Å². The number of hydrazine groups is 1. The molecule has 9 heteroatoms. The number of rotatable bonds is 4. The average molecular weight is 405 g/mol. The summed E-state index contributed by atoms with van der Waals surface area (Å²) in [7, 11) is -3.82. The van der Waals surface area contributed by atoms with Crippen LogP contribution in [0.2, 0.25) is 0 Å². The highest BCUT2D eigenvalue weighted by atomic mass is 32.2. The number of nitrogens with one attached hydrogen (secondary N) is 2. The van der Waals surface area contributed by atoms with Gasteiger partial charge in [0.25, 0.3) is 5.91 Å². The Bertz CT molecular complexity index is 949. The summed E-state index contributed by atoms with van der Waals surface area (Å²) in [4.78, 5) is 24.4. The van der Waals surface area contributed by atoms with Gasteiger partial charge in [-0.15, -0.1) is 0 Å². The highest BCUT2D eigenvalue weighted by Gasteiger charge is 2.33. The number of sulfonamides is 1. The second-order valence-corrected chi connectivity index (χ2v) is 8.40. The molecule has 3 rings (SSSR count). The molecule has 0 spiro atoms. The van der Waals surface area contributed by atoms with Crippen molar-refractivity contribution in [3.05, 3.63) is 66.0 Å². The zero-order valence-corrected chi connectivity index (χ0v) is 15.8. The summed E-state index contributed by atoms with van der Waals surface area (Å²) in [5, 5.41) is 0. The lowest BCUT2D eigenvalue weighted by molar-refractivity contribution is -0.126. The van der Waals surface area contributed by atoms with Crippen LogP contribution in [0.25, 0.3) is 0 Å². The SMILES string of the molecule is O=C(NNC(=O)[C@H]1CCCN(S(=O)(=O)c2ccc(F)cc2)C1)c1ccccc1. The van der Waals surface area contributed by atoms with E-state index in [9.17, 15) is 22.4 Å². The summed E-state index contributed by atoms with van der Waals surface area (Å²) in [6, 6.07) is 13.0. The Morgan fingerprint density at radius 1 is 1.00 bits per heavy atom. The van der Waals surface area contributed by atoms with E-state index in [1.807, 2.05) is 0 Å². The van der Waals surface area contributed by atoms with Crippen LogP contribution in [-0.2, 0) is 14.8 Å². The summed E-state index contributed by atoms with van der Waals surface area (Å²) >= 11 is 0. The van der Waals surface area contributed by atoms with E-state index in [1.54, 1.807) is 30.3 Å². The third-order valence-corrected chi connectivity index (χ3v) is 6.42. The van der Waals surface area contributed by atoms with E-state index in [0.717, 1.165) is 12.1 Å². The molecular formula is C19H20FN3O4S. The molecule has 1 fully saturated rings. The second kappa shape index (κ2) is 8.49. The van der Waals surface area contributed by atoms with Gasteiger partial charge in [0.2, 0.25) is 15.9 Å². The van der Waals surface area contributed by atoms with E-state index < -0.39 is 33.6 Å². The van der Waals surface area contributed by atoms with Crippen LogP contribution in [-0.4, -0.2) is 37.6 Å². The van der Waals surface area contributed by atoms with Crippen molar-refractivity contribution in [3.63, 3.8) is 0 Å². The zero-order chi connectivity index (χ0) is 20.1. The summed E-state index contributed by atoms with van der Waals surface area (Å²) < 4.78 is 39.7. The maximum Gasteiger partial charge on any atom is 0.269 e. The van der Waals surface area contributed by atoms with Crippen LogP contribution in [0.5, 0.6) is 0 Å². The van der Waals surface area contributed by atoms with Crippen LogP contribution in [0.4, 0.5) is 4.39 Å². The number of carbonyl (C=O) groups is 2. The molecule has 148 valence electrons. The van der Waals surface area contributed by atoms with Gasteiger partial charge in [-0.3, -0.25) is 20.4 Å². The molecule has 1 atom stereocenters. The molecule has 0 radical (unpaired) electrons. The minimum Gasteiger partial charge on any atom is -0.273 e. The van der Waals surface area contributed by atoms with Crippen molar-refractivity contribution in [2.45, 2.75) is 17.7 Å². The first kappa shape index (κ1) is 20.0. The number of benzene rings is 2. The quantitative estimate of drug-likeness (QED) is 0.757. The molecule has 28 heavy (non-hydrogen) atoms. The molecule has 2 aromatic carbocycles. The summed E-state index contributed by atoms with van der Waals surface area (Å²) in [5.74, 6) is -2.03. The second-order valence-electron chi connectivity index (χ2n) is 6.47. The first-order valence-corrected chi connectivity index (χ1v) is 10.2. The van der Waals surface area contributed by atoms with Gasteiger partial charge < -0.3 is 0 Å². The predicted molar refractivity (Wildman–Crippen MR) is 99.9 cm³/mol.